The third kappa shape index (κ3) is 2.68. The van der Waals surface area contributed by atoms with Crippen molar-refractivity contribution in [2.75, 3.05) is 25.0 Å². The molecule has 4 aliphatic carbocycles. The Kier molecular flexibility index (Phi) is 4.04. The van der Waals surface area contributed by atoms with E-state index in [4.69, 9.17) is 5.73 Å². The Morgan fingerprint density at radius 2 is 1.96 bits per heavy atom. The first-order valence-corrected chi connectivity index (χ1v) is 10.5. The van der Waals surface area contributed by atoms with Crippen molar-refractivity contribution in [3.63, 3.8) is 0 Å². The Hall–Kier alpha value is -1.67. The first-order chi connectivity index (χ1) is 13.3. The van der Waals surface area contributed by atoms with Crippen LogP contribution >= 0.6 is 0 Å². The van der Waals surface area contributed by atoms with Crippen molar-refractivity contribution in [3.8, 4) is 0 Å². The van der Waals surface area contributed by atoms with Gasteiger partial charge >= 0.3 is 0 Å². The van der Waals surface area contributed by atoms with E-state index >= 15 is 4.39 Å². The molecule has 1 amide bonds. The van der Waals surface area contributed by atoms with Gasteiger partial charge in [-0.05, 0) is 69.9 Å². The number of nitrogens with two attached hydrogens (primary N) is 1. The maximum atomic E-state index is 15.3. The molecule has 2 heterocycles. The smallest absolute Gasteiger partial charge is 0.272 e. The summed E-state index contributed by atoms with van der Waals surface area (Å²) in [5.74, 6) is 0.254. The van der Waals surface area contributed by atoms with Crippen LogP contribution in [0.3, 0.4) is 0 Å². The van der Waals surface area contributed by atoms with Crippen molar-refractivity contribution in [2.45, 2.75) is 56.2 Å². The van der Waals surface area contributed by atoms with Gasteiger partial charge in [0.1, 0.15) is 0 Å². The van der Waals surface area contributed by atoms with Crippen LogP contribution in [0.4, 0.5) is 10.2 Å². The third-order valence-electron chi connectivity index (χ3n) is 7.71. The summed E-state index contributed by atoms with van der Waals surface area (Å²) < 4.78 is 16.8. The van der Waals surface area contributed by atoms with Crippen LogP contribution in [0.15, 0.2) is 0 Å². The van der Waals surface area contributed by atoms with Crippen molar-refractivity contribution in [3.05, 3.63) is 11.5 Å². The molecule has 2 unspecified atom stereocenters. The molecule has 28 heavy (non-hydrogen) atoms. The molecule has 7 nitrogen and oxygen atoms in total. The van der Waals surface area contributed by atoms with Gasteiger partial charge in [-0.15, -0.1) is 0 Å². The Labute approximate surface area is 164 Å². The molecule has 8 heteroatoms. The molecular formula is C20H30FN5O2. The maximum absolute atomic E-state index is 15.3. The first-order valence-electron chi connectivity index (χ1n) is 10.5. The highest BCUT2D eigenvalue weighted by Gasteiger charge is 2.57. The third-order valence-corrected chi connectivity index (χ3v) is 7.71. The average molecular weight is 391 g/mol. The average Bonchev–Trinajstić information content (AvgIpc) is 3.13. The van der Waals surface area contributed by atoms with E-state index in [1.807, 2.05) is 0 Å². The van der Waals surface area contributed by atoms with Crippen LogP contribution in [0.2, 0.25) is 0 Å². The Morgan fingerprint density at radius 1 is 1.29 bits per heavy atom. The first kappa shape index (κ1) is 18.4. The number of likely N-dealkylation sites (N-methyl/N-ethyl adjacent to an activating group) is 1. The van der Waals surface area contributed by atoms with E-state index in [9.17, 15) is 9.90 Å². The predicted octanol–water partition coefficient (Wildman–Crippen LogP) is 1.11. The molecular weight excluding hydrogens is 361 g/mol. The minimum atomic E-state index is -0.831. The van der Waals surface area contributed by atoms with E-state index < -0.39 is 17.3 Å². The molecule has 4 saturated carbocycles. The number of hydrogen-bond donors (Lipinski definition) is 2. The van der Waals surface area contributed by atoms with Gasteiger partial charge in [-0.1, -0.05) is 0 Å². The molecule has 5 fully saturated rings. The number of aryl methyl sites for hydroxylation is 1. The topological polar surface area (TPSA) is 87.6 Å². The molecule has 6 rings (SSSR count). The highest BCUT2D eigenvalue weighted by Crippen LogP contribution is 2.58. The summed E-state index contributed by atoms with van der Waals surface area (Å²) in [6, 6.07) is 0.353. The van der Waals surface area contributed by atoms with Crippen LogP contribution < -0.4 is 10.6 Å². The number of hydrogen-bond acceptors (Lipinski definition) is 5. The second kappa shape index (κ2) is 6.16. The number of carbonyl (C=O) groups excluding carboxylic acids is 1. The van der Waals surface area contributed by atoms with E-state index in [1.165, 1.54) is 4.68 Å². The zero-order valence-corrected chi connectivity index (χ0v) is 16.6. The van der Waals surface area contributed by atoms with Gasteiger partial charge in [0.2, 0.25) is 0 Å². The van der Waals surface area contributed by atoms with Gasteiger partial charge in [-0.2, -0.15) is 5.10 Å². The number of aliphatic hydroxyl groups is 1. The number of aromatic nitrogens is 2. The fourth-order valence-corrected chi connectivity index (χ4v) is 7.03. The standard InChI is InChI=1S/C20H30FN5O2/c1-24-4-3-14(10-24)26(19-15(21)16(18(22)27)23-25(19)2)17-12-5-11-6-13(17)9-20(28,7-11)8-12/h11-14,17,28H,3-10H2,1-2H3,(H2,22,27)/t11?,12?,13?,14-,17?,20?/m0/s1. The van der Waals surface area contributed by atoms with Crippen molar-refractivity contribution in [1.82, 2.24) is 14.7 Å². The van der Waals surface area contributed by atoms with Gasteiger partial charge in [-0.3, -0.25) is 4.79 Å². The fraction of sp³-hybridized carbons (Fsp3) is 0.800. The minimum absolute atomic E-state index is 0.174. The number of nitrogens with zero attached hydrogens (tertiary/aromatic N) is 4. The highest BCUT2D eigenvalue weighted by atomic mass is 19.1. The molecule has 1 aromatic heterocycles. The van der Waals surface area contributed by atoms with Gasteiger partial charge in [0.15, 0.2) is 17.3 Å². The van der Waals surface area contributed by atoms with Gasteiger partial charge in [0, 0.05) is 25.7 Å². The summed E-state index contributed by atoms with van der Waals surface area (Å²) >= 11 is 0. The molecule has 0 radical (unpaired) electrons. The van der Waals surface area contributed by atoms with Crippen LogP contribution in [0.25, 0.3) is 0 Å². The van der Waals surface area contributed by atoms with Crippen molar-refractivity contribution in [1.29, 1.82) is 0 Å². The Balaban J connectivity index is 1.58. The van der Waals surface area contributed by atoms with Gasteiger partial charge in [-0.25, -0.2) is 9.07 Å². The van der Waals surface area contributed by atoms with Crippen LogP contribution in [-0.4, -0.2) is 63.5 Å². The molecule has 1 aliphatic heterocycles. The Morgan fingerprint density at radius 3 is 2.46 bits per heavy atom. The molecule has 1 aromatic rings. The molecule has 4 bridgehead atoms. The summed E-state index contributed by atoms with van der Waals surface area (Å²) in [4.78, 5) is 16.2. The molecule has 0 aromatic carbocycles. The summed E-state index contributed by atoms with van der Waals surface area (Å²) in [6.07, 6.45) is 5.68. The van der Waals surface area contributed by atoms with Gasteiger partial charge in [0.25, 0.3) is 5.91 Å². The fourth-order valence-electron chi connectivity index (χ4n) is 7.03. The lowest BCUT2D eigenvalue weighted by atomic mass is 9.52. The van der Waals surface area contributed by atoms with Crippen LogP contribution in [0.5, 0.6) is 0 Å². The number of carbonyl (C=O) groups is 1. The van der Waals surface area contributed by atoms with Crippen LogP contribution in [-0.2, 0) is 7.05 Å². The van der Waals surface area contributed by atoms with Crippen LogP contribution in [0, 0.1) is 23.6 Å². The van der Waals surface area contributed by atoms with Crippen LogP contribution in [0.1, 0.15) is 49.0 Å². The number of anilines is 1. The van der Waals surface area contributed by atoms with Gasteiger partial charge in [0.05, 0.1) is 5.60 Å². The number of amides is 1. The lowest BCUT2D eigenvalue weighted by Gasteiger charge is -2.61. The molecule has 154 valence electrons. The SMILES string of the molecule is CN1CC[C@H](N(c2c(F)c(C(N)=O)nn2C)C2C3CC4CC2CC(O)(C4)C3)C1. The summed E-state index contributed by atoms with van der Waals surface area (Å²) in [5.41, 5.74) is 4.56. The van der Waals surface area contributed by atoms with E-state index in [2.05, 4.69) is 21.9 Å². The maximum Gasteiger partial charge on any atom is 0.272 e. The second-order valence-electron chi connectivity index (χ2n) is 9.77. The summed E-state index contributed by atoms with van der Waals surface area (Å²) in [7, 11) is 3.78. The number of halogens is 1. The molecule has 0 spiro atoms. The van der Waals surface area contributed by atoms with E-state index in [0.29, 0.717) is 23.6 Å². The number of likely N-dealkylation sites (tertiary alicyclic amines) is 1. The molecule has 5 aliphatic rings. The van der Waals surface area contributed by atoms with E-state index in [1.54, 1.807) is 7.05 Å². The van der Waals surface area contributed by atoms with Crippen molar-refractivity contribution in [2.24, 2.45) is 30.5 Å². The number of rotatable bonds is 4. The molecule has 3 atom stereocenters. The van der Waals surface area contributed by atoms with E-state index in [0.717, 1.165) is 51.6 Å². The lowest BCUT2D eigenvalue weighted by Crippen LogP contribution is -2.64. The number of primary amides is 1. The summed E-state index contributed by atoms with van der Waals surface area (Å²) in [6.45, 7) is 1.83. The molecule has 1 saturated heterocycles. The van der Waals surface area contributed by atoms with Crippen molar-refractivity contribution >= 4 is 11.7 Å². The normalized spacial score (nSPS) is 39.6. The zero-order chi connectivity index (χ0) is 19.8. The zero-order valence-electron chi connectivity index (χ0n) is 16.6. The summed E-state index contributed by atoms with van der Waals surface area (Å²) in [5, 5.41) is 15.1. The molecule has 3 N–H and O–H groups in total. The minimum Gasteiger partial charge on any atom is -0.390 e. The van der Waals surface area contributed by atoms with E-state index in [-0.39, 0.29) is 17.8 Å². The van der Waals surface area contributed by atoms with Gasteiger partial charge < -0.3 is 20.6 Å². The second-order valence-corrected chi connectivity index (χ2v) is 9.77. The predicted molar refractivity (Wildman–Crippen MR) is 102 cm³/mol. The quantitative estimate of drug-likeness (QED) is 0.803. The Bertz CT molecular complexity index is 795. The van der Waals surface area contributed by atoms with Crippen molar-refractivity contribution < 1.29 is 14.3 Å². The highest BCUT2D eigenvalue weighted by molar-refractivity contribution is 5.92. The monoisotopic (exact) mass is 391 g/mol. The largest absolute Gasteiger partial charge is 0.390 e. The lowest BCUT2D eigenvalue weighted by molar-refractivity contribution is -0.134.